The van der Waals surface area contributed by atoms with Crippen LogP contribution in [0.3, 0.4) is 0 Å². The number of pyridine rings is 1. The van der Waals surface area contributed by atoms with Crippen molar-refractivity contribution < 1.29 is 8.42 Å². The molecule has 0 saturated heterocycles. The van der Waals surface area contributed by atoms with Gasteiger partial charge in [-0.25, -0.2) is 18.1 Å². The van der Waals surface area contributed by atoms with Crippen molar-refractivity contribution >= 4 is 37.6 Å². The lowest BCUT2D eigenvalue weighted by Crippen LogP contribution is -2.28. The number of aryl methyl sites for hydroxylation is 1. The molecule has 0 amide bonds. The van der Waals surface area contributed by atoms with E-state index in [-0.39, 0.29) is 5.25 Å². The zero-order valence-corrected chi connectivity index (χ0v) is 16.5. The predicted octanol–water partition coefficient (Wildman–Crippen LogP) is 2.03. The number of aromatic amines is 1. The molecule has 1 aromatic carbocycles. The summed E-state index contributed by atoms with van der Waals surface area (Å²) in [4.78, 5) is 4.54. The SMILES string of the molecule is Nc1nc2cc(-c3ccn[nH]3)ccc2c2nn(CCCNS(=O)(=O)C3CC3)cc12. The van der Waals surface area contributed by atoms with Crippen LogP contribution in [0, 0.1) is 0 Å². The molecule has 3 aromatic heterocycles. The maximum absolute atomic E-state index is 11.9. The number of fused-ring (bicyclic) bond motifs is 3. The van der Waals surface area contributed by atoms with Gasteiger partial charge in [-0.2, -0.15) is 10.2 Å². The van der Waals surface area contributed by atoms with Crippen molar-refractivity contribution in [2.45, 2.75) is 31.1 Å². The van der Waals surface area contributed by atoms with Crippen LogP contribution in [0.25, 0.3) is 33.1 Å². The molecule has 150 valence electrons. The molecule has 1 fully saturated rings. The van der Waals surface area contributed by atoms with Crippen LogP contribution in [0.1, 0.15) is 19.3 Å². The van der Waals surface area contributed by atoms with E-state index < -0.39 is 10.0 Å². The van der Waals surface area contributed by atoms with Gasteiger partial charge in [-0.3, -0.25) is 9.78 Å². The van der Waals surface area contributed by atoms with E-state index >= 15 is 0 Å². The number of sulfonamides is 1. The molecule has 29 heavy (non-hydrogen) atoms. The topological polar surface area (TPSA) is 132 Å². The largest absolute Gasteiger partial charge is 0.383 e. The standard InChI is InChI=1S/C19H21N7O2S/c20-19-15-11-26(9-1-7-22-29(27,28)13-3-4-13)25-18(15)14-5-2-12(10-17(14)23-19)16-6-8-21-24-16/h2,5-6,8,10-11,13,22H,1,3-4,7,9H2,(H2,20,23)(H,21,24). The third-order valence-electron chi connectivity index (χ3n) is 5.17. The Morgan fingerprint density at radius 1 is 1.24 bits per heavy atom. The zero-order chi connectivity index (χ0) is 20.0. The van der Waals surface area contributed by atoms with E-state index in [1.54, 1.807) is 10.9 Å². The van der Waals surface area contributed by atoms with E-state index in [4.69, 9.17) is 5.73 Å². The molecular formula is C19H21N7O2S. The number of hydrogen-bond acceptors (Lipinski definition) is 6. The molecule has 3 heterocycles. The number of aromatic nitrogens is 5. The molecule has 0 bridgehead atoms. The molecule has 10 heteroatoms. The first-order chi connectivity index (χ1) is 14.0. The third kappa shape index (κ3) is 3.45. The van der Waals surface area contributed by atoms with Gasteiger partial charge < -0.3 is 5.73 Å². The van der Waals surface area contributed by atoms with Crippen LogP contribution in [0.4, 0.5) is 5.82 Å². The smallest absolute Gasteiger partial charge is 0.214 e. The summed E-state index contributed by atoms with van der Waals surface area (Å²) in [7, 11) is -3.14. The van der Waals surface area contributed by atoms with E-state index in [2.05, 4.69) is 25.0 Å². The first-order valence-corrected chi connectivity index (χ1v) is 11.1. The van der Waals surface area contributed by atoms with E-state index in [1.165, 1.54) is 0 Å². The predicted molar refractivity (Wildman–Crippen MR) is 112 cm³/mol. The Morgan fingerprint density at radius 3 is 2.86 bits per heavy atom. The van der Waals surface area contributed by atoms with E-state index in [0.29, 0.717) is 25.3 Å². The van der Waals surface area contributed by atoms with Crippen LogP contribution in [0.15, 0.2) is 36.7 Å². The second kappa shape index (κ2) is 6.82. The summed E-state index contributed by atoms with van der Waals surface area (Å²) >= 11 is 0. The fourth-order valence-corrected chi connectivity index (χ4v) is 4.89. The van der Waals surface area contributed by atoms with Crippen molar-refractivity contribution in [3.05, 3.63) is 36.7 Å². The number of H-pyrrole nitrogens is 1. The van der Waals surface area contributed by atoms with Gasteiger partial charge >= 0.3 is 0 Å². The van der Waals surface area contributed by atoms with Gasteiger partial charge in [-0.1, -0.05) is 6.07 Å². The first-order valence-electron chi connectivity index (χ1n) is 9.56. The number of hydrogen-bond donors (Lipinski definition) is 3. The minimum absolute atomic E-state index is 0.196. The fourth-order valence-electron chi connectivity index (χ4n) is 3.47. The lowest BCUT2D eigenvalue weighted by Gasteiger charge is -2.05. The van der Waals surface area contributed by atoms with Gasteiger partial charge in [0.05, 0.1) is 21.8 Å². The molecule has 0 radical (unpaired) electrons. The van der Waals surface area contributed by atoms with Crippen LogP contribution in [-0.4, -0.2) is 45.2 Å². The van der Waals surface area contributed by atoms with Crippen molar-refractivity contribution in [1.29, 1.82) is 0 Å². The number of nitrogen functional groups attached to an aromatic ring is 1. The molecule has 0 atom stereocenters. The molecule has 4 aromatic rings. The van der Waals surface area contributed by atoms with Crippen molar-refractivity contribution in [2.24, 2.45) is 0 Å². The van der Waals surface area contributed by atoms with Gasteiger partial charge in [0, 0.05) is 36.4 Å². The zero-order valence-electron chi connectivity index (χ0n) is 15.7. The monoisotopic (exact) mass is 411 g/mol. The highest BCUT2D eigenvalue weighted by molar-refractivity contribution is 7.90. The Morgan fingerprint density at radius 2 is 2.10 bits per heavy atom. The molecule has 0 aliphatic heterocycles. The summed E-state index contributed by atoms with van der Waals surface area (Å²) in [5.41, 5.74) is 9.63. The van der Waals surface area contributed by atoms with E-state index in [9.17, 15) is 8.42 Å². The number of nitrogens with one attached hydrogen (secondary N) is 2. The quantitative estimate of drug-likeness (QED) is 0.399. The molecule has 5 rings (SSSR count). The highest BCUT2D eigenvalue weighted by Crippen LogP contribution is 2.30. The van der Waals surface area contributed by atoms with Crippen LogP contribution >= 0.6 is 0 Å². The summed E-state index contributed by atoms with van der Waals surface area (Å²) < 4.78 is 28.2. The van der Waals surface area contributed by atoms with Crippen molar-refractivity contribution in [3.63, 3.8) is 0 Å². The number of benzene rings is 1. The van der Waals surface area contributed by atoms with Crippen LogP contribution in [0.5, 0.6) is 0 Å². The Balaban J connectivity index is 1.38. The minimum atomic E-state index is -3.14. The normalized spacial score (nSPS) is 14.8. The average Bonchev–Trinajstić information content (AvgIpc) is 3.26. The average molecular weight is 411 g/mol. The van der Waals surface area contributed by atoms with E-state index in [0.717, 1.165) is 45.9 Å². The summed E-state index contributed by atoms with van der Waals surface area (Å²) in [6.45, 7) is 0.992. The summed E-state index contributed by atoms with van der Waals surface area (Å²) in [5.74, 6) is 0.426. The summed E-state index contributed by atoms with van der Waals surface area (Å²) in [6.07, 6.45) is 5.75. The molecule has 1 aliphatic rings. The molecule has 0 unspecified atom stereocenters. The lowest BCUT2D eigenvalue weighted by atomic mass is 10.1. The lowest BCUT2D eigenvalue weighted by molar-refractivity contribution is 0.554. The molecule has 1 saturated carbocycles. The fraction of sp³-hybridized carbons (Fsp3) is 0.316. The van der Waals surface area contributed by atoms with Crippen LogP contribution < -0.4 is 10.5 Å². The Kier molecular flexibility index (Phi) is 4.25. The van der Waals surface area contributed by atoms with Gasteiger partial charge in [0.25, 0.3) is 0 Å². The number of nitrogens with zero attached hydrogens (tertiary/aromatic N) is 4. The van der Waals surface area contributed by atoms with Gasteiger partial charge in [0.15, 0.2) is 0 Å². The van der Waals surface area contributed by atoms with Gasteiger partial charge in [0.1, 0.15) is 11.3 Å². The van der Waals surface area contributed by atoms with Gasteiger partial charge in [-0.05, 0) is 37.5 Å². The Bertz CT molecular complexity index is 1290. The highest BCUT2D eigenvalue weighted by Gasteiger charge is 2.35. The number of rotatable bonds is 7. The van der Waals surface area contributed by atoms with Gasteiger partial charge in [0.2, 0.25) is 10.0 Å². The van der Waals surface area contributed by atoms with Crippen LogP contribution in [-0.2, 0) is 16.6 Å². The molecular weight excluding hydrogens is 390 g/mol. The number of anilines is 1. The molecule has 0 spiro atoms. The van der Waals surface area contributed by atoms with Crippen molar-refractivity contribution in [1.82, 2.24) is 29.7 Å². The minimum Gasteiger partial charge on any atom is -0.383 e. The Labute approximate surface area is 167 Å². The molecule has 4 N–H and O–H groups in total. The molecule has 9 nitrogen and oxygen atoms in total. The van der Waals surface area contributed by atoms with Crippen LogP contribution in [0.2, 0.25) is 0 Å². The number of nitrogens with two attached hydrogens (primary N) is 1. The highest BCUT2D eigenvalue weighted by atomic mass is 32.2. The first kappa shape index (κ1) is 18.1. The molecule has 1 aliphatic carbocycles. The second-order valence-electron chi connectivity index (χ2n) is 7.35. The van der Waals surface area contributed by atoms with E-state index in [1.807, 2.05) is 30.5 Å². The maximum Gasteiger partial charge on any atom is 0.214 e. The summed E-state index contributed by atoms with van der Waals surface area (Å²) in [5, 5.41) is 13.1. The maximum atomic E-state index is 11.9. The van der Waals surface area contributed by atoms with Crippen molar-refractivity contribution in [3.8, 4) is 11.3 Å². The second-order valence-corrected chi connectivity index (χ2v) is 9.39. The third-order valence-corrected chi connectivity index (χ3v) is 7.13. The Hall–Kier alpha value is -2.98. The van der Waals surface area contributed by atoms with Gasteiger partial charge in [-0.15, -0.1) is 0 Å². The van der Waals surface area contributed by atoms with Crippen molar-refractivity contribution in [2.75, 3.05) is 12.3 Å². The summed E-state index contributed by atoms with van der Waals surface area (Å²) in [6, 6.07) is 7.85.